The van der Waals surface area contributed by atoms with Crippen LogP contribution in [0, 0.1) is 0 Å². The number of rotatable bonds is 4. The van der Waals surface area contributed by atoms with Crippen molar-refractivity contribution < 1.29 is 4.79 Å². The van der Waals surface area contributed by atoms with Crippen molar-refractivity contribution in [1.82, 2.24) is 15.1 Å². The first-order valence-electron chi connectivity index (χ1n) is 6.49. The fourth-order valence-corrected chi connectivity index (χ4v) is 3.02. The summed E-state index contributed by atoms with van der Waals surface area (Å²) in [6.45, 7) is 0.703. The number of carbonyl (C=O) groups excluding carboxylic acids is 1. The fraction of sp³-hybridized carbons (Fsp3) is 0.286. The van der Waals surface area contributed by atoms with E-state index >= 15 is 0 Å². The number of hydrogen-bond acceptors (Lipinski definition) is 4. The van der Waals surface area contributed by atoms with Crippen LogP contribution in [0.5, 0.6) is 0 Å². The van der Waals surface area contributed by atoms with Gasteiger partial charge in [0.1, 0.15) is 0 Å². The van der Waals surface area contributed by atoms with Gasteiger partial charge in [0.25, 0.3) is 0 Å². The molecule has 1 aromatic heterocycles. The van der Waals surface area contributed by atoms with E-state index in [1.807, 2.05) is 29.1 Å². The Hall–Kier alpha value is -1.50. The molecule has 3 rings (SSSR count). The number of halogens is 1. The zero-order valence-corrected chi connectivity index (χ0v) is 13.0. The lowest BCUT2D eigenvalue weighted by atomic mass is 10.2. The average Bonchev–Trinajstić information content (AvgIpc) is 3.11. The Balaban J connectivity index is 0.00000161. The topological polar surface area (TPSA) is 59.0 Å². The number of benzene rings is 1. The number of nitrogens with one attached hydrogen (secondary N) is 2. The Kier molecular flexibility index (Phi) is 5.67. The molecule has 2 N–H and O–H groups in total. The minimum absolute atomic E-state index is 0. The summed E-state index contributed by atoms with van der Waals surface area (Å²) in [7, 11) is 0. The Morgan fingerprint density at radius 1 is 1.43 bits per heavy atom. The summed E-state index contributed by atoms with van der Waals surface area (Å²) in [6, 6.07) is 10.0. The molecule has 0 saturated carbocycles. The molecule has 1 amide bonds. The van der Waals surface area contributed by atoms with E-state index in [9.17, 15) is 4.79 Å². The van der Waals surface area contributed by atoms with Gasteiger partial charge in [0.2, 0.25) is 5.91 Å². The van der Waals surface area contributed by atoms with Crippen LogP contribution in [-0.2, 0) is 11.3 Å². The summed E-state index contributed by atoms with van der Waals surface area (Å²) in [5, 5.41) is 10.3. The van der Waals surface area contributed by atoms with Crippen LogP contribution >= 0.6 is 24.2 Å². The molecule has 2 aromatic rings. The highest BCUT2D eigenvalue weighted by Crippen LogP contribution is 2.13. The van der Waals surface area contributed by atoms with Crippen LogP contribution in [0.2, 0.25) is 0 Å². The van der Waals surface area contributed by atoms with Crippen molar-refractivity contribution in [1.29, 1.82) is 0 Å². The Bertz CT molecular complexity index is 584. The van der Waals surface area contributed by atoms with Gasteiger partial charge in [-0.25, -0.2) is 0 Å². The molecule has 0 bridgehead atoms. The van der Waals surface area contributed by atoms with E-state index in [0.717, 1.165) is 17.3 Å². The van der Waals surface area contributed by atoms with Crippen LogP contribution in [0.3, 0.4) is 0 Å². The molecule has 5 nitrogen and oxygen atoms in total. The molecule has 7 heteroatoms. The molecular weight excluding hydrogens is 308 g/mol. The number of nitrogens with zero attached hydrogens (tertiary/aromatic N) is 2. The minimum atomic E-state index is -0.0996. The van der Waals surface area contributed by atoms with Crippen molar-refractivity contribution >= 4 is 35.8 Å². The van der Waals surface area contributed by atoms with Gasteiger partial charge in [-0.05, 0) is 5.56 Å². The van der Waals surface area contributed by atoms with Gasteiger partial charge in [-0.1, -0.05) is 30.3 Å². The highest BCUT2D eigenvalue weighted by atomic mass is 35.5. The zero-order valence-electron chi connectivity index (χ0n) is 11.4. The van der Waals surface area contributed by atoms with Crippen LogP contribution in [0.15, 0.2) is 42.7 Å². The molecule has 21 heavy (non-hydrogen) atoms. The smallest absolute Gasteiger partial charge is 0.242 e. The summed E-state index contributed by atoms with van der Waals surface area (Å²) < 4.78 is 1.82. The van der Waals surface area contributed by atoms with Crippen LogP contribution < -0.4 is 10.6 Å². The third-order valence-electron chi connectivity index (χ3n) is 3.12. The SMILES string of the molecule is Cl.O=C(Nc1cnn(Cc2ccccc2)c1)C1CSCN1. The molecule has 2 heterocycles. The minimum Gasteiger partial charge on any atom is -0.322 e. The third kappa shape index (κ3) is 4.23. The van der Waals surface area contributed by atoms with Crippen molar-refractivity contribution in [3.05, 3.63) is 48.3 Å². The summed E-state index contributed by atoms with van der Waals surface area (Å²) in [6.07, 6.45) is 3.54. The van der Waals surface area contributed by atoms with Crippen molar-refractivity contribution in [2.24, 2.45) is 0 Å². The maximum absolute atomic E-state index is 12.0. The van der Waals surface area contributed by atoms with Crippen LogP contribution in [0.25, 0.3) is 0 Å². The van der Waals surface area contributed by atoms with Crippen LogP contribution in [0.4, 0.5) is 5.69 Å². The van der Waals surface area contributed by atoms with Gasteiger partial charge < -0.3 is 5.32 Å². The molecule has 1 fully saturated rings. The highest BCUT2D eigenvalue weighted by molar-refractivity contribution is 7.99. The second-order valence-corrected chi connectivity index (χ2v) is 5.70. The Labute approximate surface area is 133 Å². The van der Waals surface area contributed by atoms with Gasteiger partial charge in [0.15, 0.2) is 0 Å². The van der Waals surface area contributed by atoms with Crippen molar-refractivity contribution in [2.75, 3.05) is 16.9 Å². The zero-order chi connectivity index (χ0) is 13.8. The molecule has 1 aliphatic rings. The molecule has 1 unspecified atom stereocenters. The number of hydrogen-bond donors (Lipinski definition) is 2. The molecule has 1 aromatic carbocycles. The number of anilines is 1. The standard InChI is InChI=1S/C14H16N4OS.ClH/c19-14(13-9-20-10-15-13)17-12-6-16-18(8-12)7-11-4-2-1-3-5-11;/h1-6,8,13,15H,7,9-10H2,(H,17,19);1H. The van der Waals surface area contributed by atoms with E-state index < -0.39 is 0 Å². The van der Waals surface area contributed by atoms with Crippen molar-refractivity contribution in [3.63, 3.8) is 0 Å². The first kappa shape index (κ1) is 15.9. The molecule has 0 radical (unpaired) electrons. The van der Waals surface area contributed by atoms with E-state index in [0.29, 0.717) is 6.54 Å². The predicted octanol–water partition coefficient (Wildman–Crippen LogP) is 1.95. The molecule has 1 atom stereocenters. The lowest BCUT2D eigenvalue weighted by Crippen LogP contribution is -2.37. The second-order valence-electron chi connectivity index (χ2n) is 4.67. The third-order valence-corrected chi connectivity index (χ3v) is 4.06. The molecule has 112 valence electrons. The van der Waals surface area contributed by atoms with Gasteiger partial charge in [0, 0.05) is 17.8 Å². The predicted molar refractivity (Wildman–Crippen MR) is 87.9 cm³/mol. The van der Waals surface area contributed by atoms with Gasteiger partial charge in [-0.15, -0.1) is 24.2 Å². The molecular formula is C14H17ClN4OS. The summed E-state index contributed by atoms with van der Waals surface area (Å²) in [4.78, 5) is 12.0. The van der Waals surface area contributed by atoms with Gasteiger partial charge in [-0.3, -0.25) is 14.8 Å². The molecule has 0 aliphatic carbocycles. The van der Waals surface area contributed by atoms with Crippen LogP contribution in [-0.4, -0.2) is 33.4 Å². The average molecular weight is 325 g/mol. The van der Waals surface area contributed by atoms with Gasteiger partial charge in [0.05, 0.1) is 24.5 Å². The lowest BCUT2D eigenvalue weighted by molar-refractivity contribution is -0.117. The number of amides is 1. The number of carbonyl (C=O) groups is 1. The quantitative estimate of drug-likeness (QED) is 0.902. The van der Waals surface area contributed by atoms with Crippen molar-refractivity contribution in [2.45, 2.75) is 12.6 Å². The fourth-order valence-electron chi connectivity index (χ4n) is 2.08. The van der Waals surface area contributed by atoms with Gasteiger partial charge >= 0.3 is 0 Å². The normalized spacial score (nSPS) is 17.2. The lowest BCUT2D eigenvalue weighted by Gasteiger charge is -2.08. The maximum atomic E-state index is 12.0. The maximum Gasteiger partial charge on any atom is 0.242 e. The van der Waals surface area contributed by atoms with E-state index in [1.165, 1.54) is 5.56 Å². The molecule has 1 aliphatic heterocycles. The second kappa shape index (κ2) is 7.49. The van der Waals surface area contributed by atoms with Crippen molar-refractivity contribution in [3.8, 4) is 0 Å². The summed E-state index contributed by atoms with van der Waals surface area (Å²) >= 11 is 1.74. The van der Waals surface area contributed by atoms with Gasteiger partial charge in [-0.2, -0.15) is 5.10 Å². The monoisotopic (exact) mass is 324 g/mol. The summed E-state index contributed by atoms with van der Waals surface area (Å²) in [5.74, 6) is 1.67. The first-order chi connectivity index (χ1) is 9.81. The first-order valence-corrected chi connectivity index (χ1v) is 7.65. The van der Waals surface area contributed by atoms with E-state index in [-0.39, 0.29) is 24.4 Å². The van der Waals surface area contributed by atoms with E-state index in [1.54, 1.807) is 18.0 Å². The molecule has 0 spiro atoms. The number of thioether (sulfide) groups is 1. The Morgan fingerprint density at radius 2 is 2.24 bits per heavy atom. The molecule has 1 saturated heterocycles. The van der Waals surface area contributed by atoms with Crippen LogP contribution in [0.1, 0.15) is 5.56 Å². The van der Waals surface area contributed by atoms with E-state index in [4.69, 9.17) is 0 Å². The van der Waals surface area contributed by atoms with E-state index in [2.05, 4.69) is 27.9 Å². The highest BCUT2D eigenvalue weighted by Gasteiger charge is 2.22. The number of aromatic nitrogens is 2. The summed E-state index contributed by atoms with van der Waals surface area (Å²) in [5.41, 5.74) is 1.92. The largest absolute Gasteiger partial charge is 0.322 e. The Morgan fingerprint density at radius 3 is 2.95 bits per heavy atom.